The molecule has 1 N–H and O–H groups in total. The molecule has 3 aromatic rings. The van der Waals surface area contributed by atoms with Crippen molar-refractivity contribution in [3.05, 3.63) is 57.3 Å². The molecule has 0 unspecified atom stereocenters. The molecule has 0 saturated heterocycles. The summed E-state index contributed by atoms with van der Waals surface area (Å²) in [6.07, 6.45) is 0. The molecule has 0 aliphatic rings. The zero-order chi connectivity index (χ0) is 13.6. The topological polar surface area (TPSA) is 20.7 Å². The lowest BCUT2D eigenvalue weighted by Gasteiger charge is -2.08. The number of halogens is 1. The number of hydrogen-bond acceptors (Lipinski definition) is 1. The molecular weight excluding hydrogens is 276 g/mol. The molecular formula is C15H13ClN2S. The number of fused-ring (bicyclic) bond motifs is 1. The van der Waals surface area contributed by atoms with Gasteiger partial charge in [-0.2, -0.15) is 0 Å². The Bertz CT molecular complexity index is 830. The third kappa shape index (κ3) is 1.99. The van der Waals surface area contributed by atoms with Gasteiger partial charge in [0.15, 0.2) is 4.77 Å². The van der Waals surface area contributed by atoms with E-state index in [1.54, 1.807) is 0 Å². The molecule has 0 spiro atoms. The highest BCUT2D eigenvalue weighted by atomic mass is 35.5. The summed E-state index contributed by atoms with van der Waals surface area (Å²) >= 11 is 11.7. The summed E-state index contributed by atoms with van der Waals surface area (Å²) in [7, 11) is 0. The molecule has 2 nitrogen and oxygen atoms in total. The van der Waals surface area contributed by atoms with Gasteiger partial charge in [0, 0.05) is 10.7 Å². The number of hydrogen-bond donors (Lipinski definition) is 1. The van der Waals surface area contributed by atoms with Crippen molar-refractivity contribution >= 4 is 34.9 Å². The van der Waals surface area contributed by atoms with Crippen LogP contribution in [0.25, 0.3) is 16.7 Å². The van der Waals surface area contributed by atoms with E-state index in [9.17, 15) is 0 Å². The van der Waals surface area contributed by atoms with E-state index < -0.39 is 0 Å². The molecule has 0 bridgehead atoms. The molecule has 96 valence electrons. The van der Waals surface area contributed by atoms with Crippen molar-refractivity contribution in [1.82, 2.24) is 9.55 Å². The number of imidazole rings is 1. The second kappa shape index (κ2) is 4.51. The quantitative estimate of drug-likeness (QED) is 0.628. The molecule has 0 aliphatic carbocycles. The number of aromatic nitrogens is 2. The van der Waals surface area contributed by atoms with Gasteiger partial charge < -0.3 is 4.98 Å². The molecule has 0 radical (unpaired) electrons. The van der Waals surface area contributed by atoms with Crippen molar-refractivity contribution in [1.29, 1.82) is 0 Å². The van der Waals surface area contributed by atoms with Crippen LogP contribution in [0.1, 0.15) is 11.1 Å². The van der Waals surface area contributed by atoms with E-state index in [0.717, 1.165) is 27.3 Å². The maximum atomic E-state index is 6.22. The zero-order valence-corrected chi connectivity index (χ0v) is 12.3. The maximum Gasteiger partial charge on any atom is 0.182 e. The lowest BCUT2D eigenvalue weighted by Crippen LogP contribution is -1.95. The molecule has 0 saturated carbocycles. The van der Waals surface area contributed by atoms with Crippen LogP contribution in [0.5, 0.6) is 0 Å². The van der Waals surface area contributed by atoms with E-state index in [4.69, 9.17) is 23.8 Å². The minimum atomic E-state index is 0.684. The third-order valence-electron chi connectivity index (χ3n) is 3.32. The molecule has 3 rings (SSSR count). The van der Waals surface area contributed by atoms with Crippen molar-refractivity contribution in [2.45, 2.75) is 13.8 Å². The Hall–Kier alpha value is -1.58. The normalized spacial score (nSPS) is 11.1. The fourth-order valence-corrected chi connectivity index (χ4v) is 2.78. The molecule has 0 atom stereocenters. The van der Waals surface area contributed by atoms with E-state index in [1.165, 1.54) is 5.56 Å². The maximum absolute atomic E-state index is 6.22. The van der Waals surface area contributed by atoms with Crippen molar-refractivity contribution in [3.8, 4) is 5.69 Å². The third-order valence-corrected chi connectivity index (χ3v) is 4.01. The molecule has 19 heavy (non-hydrogen) atoms. The summed E-state index contributed by atoms with van der Waals surface area (Å²) in [5.41, 5.74) is 5.38. The molecule has 2 aromatic carbocycles. The Labute approximate surface area is 121 Å². The molecule has 4 heteroatoms. The van der Waals surface area contributed by atoms with Crippen molar-refractivity contribution in [3.63, 3.8) is 0 Å². The molecule has 1 aromatic heterocycles. The van der Waals surface area contributed by atoms with Crippen LogP contribution in [-0.2, 0) is 0 Å². The smallest absolute Gasteiger partial charge is 0.182 e. The second-order valence-corrected chi connectivity index (χ2v) is 5.46. The first-order chi connectivity index (χ1) is 9.08. The van der Waals surface area contributed by atoms with Crippen LogP contribution < -0.4 is 0 Å². The first kappa shape index (κ1) is 12.5. The lowest BCUT2D eigenvalue weighted by atomic mass is 10.2. The van der Waals surface area contributed by atoms with Crippen LogP contribution >= 0.6 is 23.8 Å². The van der Waals surface area contributed by atoms with E-state index in [0.29, 0.717) is 4.77 Å². The van der Waals surface area contributed by atoms with Crippen LogP contribution in [-0.4, -0.2) is 9.55 Å². The molecule has 0 aliphatic heterocycles. The highest BCUT2D eigenvalue weighted by Gasteiger charge is 2.09. The first-order valence-electron chi connectivity index (χ1n) is 6.05. The Balaban J connectivity index is 2.39. The van der Waals surface area contributed by atoms with Gasteiger partial charge in [-0.05, 0) is 55.4 Å². The number of nitrogens with zero attached hydrogens (tertiary/aromatic N) is 1. The van der Waals surface area contributed by atoms with E-state index >= 15 is 0 Å². The number of aryl methyl sites for hydroxylation is 2. The van der Waals surface area contributed by atoms with Gasteiger partial charge in [0.2, 0.25) is 0 Å². The SMILES string of the molecule is Cc1ccc(-n2c(=S)[nH]c3cccc(C)c32)cc1Cl. The summed E-state index contributed by atoms with van der Waals surface area (Å²) in [4.78, 5) is 3.24. The number of nitrogens with one attached hydrogen (secondary N) is 1. The highest BCUT2D eigenvalue weighted by Crippen LogP contribution is 2.25. The summed E-state index contributed by atoms with van der Waals surface area (Å²) in [5, 5.41) is 0.752. The van der Waals surface area contributed by atoms with Gasteiger partial charge in [0.05, 0.1) is 11.0 Å². The standard InChI is InChI=1S/C15H13ClN2S/c1-9-6-7-11(8-12(9)16)18-14-10(2)4-3-5-13(14)17-15(18)19/h3-8H,1-2H3,(H,17,19). The lowest BCUT2D eigenvalue weighted by molar-refractivity contribution is 1.06. The summed E-state index contributed by atoms with van der Waals surface area (Å²) in [5.74, 6) is 0. The van der Waals surface area contributed by atoms with Crippen LogP contribution in [0.2, 0.25) is 5.02 Å². The van der Waals surface area contributed by atoms with Gasteiger partial charge in [-0.3, -0.25) is 4.57 Å². The largest absolute Gasteiger partial charge is 0.330 e. The van der Waals surface area contributed by atoms with Gasteiger partial charge >= 0.3 is 0 Å². The summed E-state index contributed by atoms with van der Waals surface area (Å²) in [6.45, 7) is 4.07. The summed E-state index contributed by atoms with van der Waals surface area (Å²) in [6, 6.07) is 12.1. The molecule has 1 heterocycles. The number of aromatic amines is 1. The number of H-pyrrole nitrogens is 1. The molecule has 0 amide bonds. The average molecular weight is 289 g/mol. The predicted octanol–water partition coefficient (Wildman–Crippen LogP) is 4.96. The van der Waals surface area contributed by atoms with E-state index in [2.05, 4.69) is 18.0 Å². The monoisotopic (exact) mass is 288 g/mol. The Morgan fingerprint density at radius 1 is 1.11 bits per heavy atom. The Morgan fingerprint density at radius 3 is 2.63 bits per heavy atom. The zero-order valence-electron chi connectivity index (χ0n) is 10.7. The van der Waals surface area contributed by atoms with Gasteiger partial charge in [-0.15, -0.1) is 0 Å². The number of para-hydroxylation sites is 1. The second-order valence-electron chi connectivity index (χ2n) is 4.67. The predicted molar refractivity (Wildman–Crippen MR) is 82.9 cm³/mol. The van der Waals surface area contributed by atoms with Crippen LogP contribution in [0, 0.1) is 18.6 Å². The first-order valence-corrected chi connectivity index (χ1v) is 6.83. The minimum absolute atomic E-state index is 0.684. The van der Waals surface area contributed by atoms with Gasteiger partial charge in [0.1, 0.15) is 0 Å². The van der Waals surface area contributed by atoms with Gasteiger partial charge in [0.25, 0.3) is 0 Å². The van der Waals surface area contributed by atoms with Crippen LogP contribution in [0.4, 0.5) is 0 Å². The number of rotatable bonds is 1. The Morgan fingerprint density at radius 2 is 1.89 bits per heavy atom. The average Bonchev–Trinajstić information content (AvgIpc) is 2.70. The fraction of sp³-hybridized carbons (Fsp3) is 0.133. The van der Waals surface area contributed by atoms with E-state index in [1.807, 2.05) is 41.8 Å². The highest BCUT2D eigenvalue weighted by molar-refractivity contribution is 7.71. The number of benzene rings is 2. The van der Waals surface area contributed by atoms with Crippen molar-refractivity contribution in [2.75, 3.05) is 0 Å². The summed E-state index contributed by atoms with van der Waals surface area (Å²) < 4.78 is 2.72. The minimum Gasteiger partial charge on any atom is -0.330 e. The van der Waals surface area contributed by atoms with Crippen molar-refractivity contribution < 1.29 is 0 Å². The van der Waals surface area contributed by atoms with Crippen LogP contribution in [0.15, 0.2) is 36.4 Å². The molecule has 0 fully saturated rings. The van der Waals surface area contributed by atoms with Gasteiger partial charge in [-0.25, -0.2) is 0 Å². The van der Waals surface area contributed by atoms with Gasteiger partial charge in [-0.1, -0.05) is 29.8 Å². The Kier molecular flexibility index (Phi) is 2.96. The van der Waals surface area contributed by atoms with Crippen LogP contribution in [0.3, 0.4) is 0 Å². The van der Waals surface area contributed by atoms with Crippen molar-refractivity contribution in [2.24, 2.45) is 0 Å². The van der Waals surface area contributed by atoms with E-state index in [-0.39, 0.29) is 0 Å². The fourth-order valence-electron chi connectivity index (χ4n) is 2.30.